The number of alkyl halides is 3. The van der Waals surface area contributed by atoms with Crippen molar-refractivity contribution < 1.29 is 22.4 Å². The zero-order valence-electron chi connectivity index (χ0n) is 16.1. The SMILES string of the molecule is Cl.O=C(N[C@@H](c1ccccc1)c1ccc(C2CC(F)(F)C2)c(F)c1)[C@@H]1C[C@@H](F)CN1. The van der Waals surface area contributed by atoms with Gasteiger partial charge in [-0.15, -0.1) is 12.4 Å². The van der Waals surface area contributed by atoms with Crippen molar-refractivity contribution in [3.05, 3.63) is 71.0 Å². The van der Waals surface area contributed by atoms with Gasteiger partial charge in [-0.2, -0.15) is 0 Å². The highest BCUT2D eigenvalue weighted by atomic mass is 35.5. The van der Waals surface area contributed by atoms with E-state index < -0.39 is 35.9 Å². The molecule has 1 aliphatic heterocycles. The average molecular weight is 443 g/mol. The predicted octanol–water partition coefficient (Wildman–Crippen LogP) is 4.67. The Morgan fingerprint density at radius 1 is 1.10 bits per heavy atom. The standard InChI is InChI=1S/C22H22F4N2O.ClH/c23-16-9-19(27-12-16)21(29)28-20(13-4-2-1-3-5-13)14-6-7-17(18(24)8-14)15-10-22(25,26)11-15;/h1-8,15-16,19-20,27H,9-12H2,(H,28,29);1H/t16-,19+,20+;/m1./s1. The zero-order valence-corrected chi connectivity index (χ0v) is 16.9. The summed E-state index contributed by atoms with van der Waals surface area (Å²) in [5, 5.41) is 5.71. The van der Waals surface area contributed by atoms with E-state index in [2.05, 4.69) is 10.6 Å². The van der Waals surface area contributed by atoms with Gasteiger partial charge in [0.15, 0.2) is 0 Å². The van der Waals surface area contributed by atoms with Crippen LogP contribution in [0.5, 0.6) is 0 Å². The van der Waals surface area contributed by atoms with Gasteiger partial charge in [0.25, 0.3) is 0 Å². The van der Waals surface area contributed by atoms with Crippen LogP contribution in [0, 0.1) is 5.82 Å². The molecule has 1 amide bonds. The van der Waals surface area contributed by atoms with Crippen molar-refractivity contribution in [2.75, 3.05) is 6.54 Å². The molecule has 2 aromatic rings. The molecule has 0 radical (unpaired) electrons. The molecule has 2 N–H and O–H groups in total. The summed E-state index contributed by atoms with van der Waals surface area (Å²) in [7, 11) is 0. The van der Waals surface area contributed by atoms with E-state index in [1.54, 1.807) is 18.2 Å². The second kappa shape index (κ2) is 8.94. The Morgan fingerprint density at radius 2 is 1.80 bits per heavy atom. The first-order valence-electron chi connectivity index (χ1n) is 9.72. The van der Waals surface area contributed by atoms with E-state index in [4.69, 9.17) is 0 Å². The third kappa shape index (κ3) is 4.78. The number of carbonyl (C=O) groups excluding carboxylic acids is 1. The van der Waals surface area contributed by atoms with Crippen molar-refractivity contribution in [1.82, 2.24) is 10.6 Å². The summed E-state index contributed by atoms with van der Waals surface area (Å²) >= 11 is 0. The van der Waals surface area contributed by atoms with Crippen LogP contribution in [0.25, 0.3) is 0 Å². The first kappa shape index (κ1) is 22.6. The Bertz CT molecular complexity index is 888. The molecular formula is C22H23ClF4N2O. The number of amides is 1. The summed E-state index contributed by atoms with van der Waals surface area (Å²) < 4.78 is 54.5. The minimum atomic E-state index is -2.72. The Morgan fingerprint density at radius 3 is 2.37 bits per heavy atom. The monoisotopic (exact) mass is 442 g/mol. The fraction of sp³-hybridized carbons (Fsp3) is 0.409. The van der Waals surface area contributed by atoms with Crippen molar-refractivity contribution in [1.29, 1.82) is 0 Å². The highest BCUT2D eigenvalue weighted by Gasteiger charge is 2.46. The van der Waals surface area contributed by atoms with Crippen LogP contribution >= 0.6 is 12.4 Å². The Labute approximate surface area is 178 Å². The van der Waals surface area contributed by atoms with E-state index in [9.17, 15) is 22.4 Å². The average Bonchev–Trinajstić information content (AvgIpc) is 3.11. The van der Waals surface area contributed by atoms with Gasteiger partial charge in [-0.3, -0.25) is 4.79 Å². The van der Waals surface area contributed by atoms with Crippen LogP contribution in [-0.2, 0) is 4.79 Å². The first-order valence-corrected chi connectivity index (χ1v) is 9.72. The molecule has 2 aliphatic rings. The van der Waals surface area contributed by atoms with Gasteiger partial charge in [0.05, 0.1) is 12.1 Å². The van der Waals surface area contributed by atoms with Crippen molar-refractivity contribution in [3.63, 3.8) is 0 Å². The maximum absolute atomic E-state index is 14.7. The van der Waals surface area contributed by atoms with Crippen molar-refractivity contribution in [2.24, 2.45) is 0 Å². The summed E-state index contributed by atoms with van der Waals surface area (Å²) in [5.41, 5.74) is 1.53. The van der Waals surface area contributed by atoms with Crippen LogP contribution < -0.4 is 10.6 Å². The lowest BCUT2D eigenvalue weighted by atomic mass is 9.76. The molecule has 0 bridgehead atoms. The molecule has 2 fully saturated rings. The highest BCUT2D eigenvalue weighted by Crippen LogP contribution is 2.49. The van der Waals surface area contributed by atoms with Gasteiger partial charge in [0.1, 0.15) is 12.0 Å². The van der Waals surface area contributed by atoms with Gasteiger partial charge in [0.2, 0.25) is 11.8 Å². The molecule has 8 heteroatoms. The molecule has 0 aromatic heterocycles. The summed E-state index contributed by atoms with van der Waals surface area (Å²) in [4.78, 5) is 12.6. The van der Waals surface area contributed by atoms with Crippen LogP contribution in [0.2, 0.25) is 0 Å². The number of rotatable bonds is 5. The fourth-order valence-corrected chi connectivity index (χ4v) is 4.07. The van der Waals surface area contributed by atoms with E-state index in [1.807, 2.05) is 18.2 Å². The Kier molecular flexibility index (Phi) is 6.72. The summed E-state index contributed by atoms with van der Waals surface area (Å²) in [5.74, 6) is -4.13. The topological polar surface area (TPSA) is 41.1 Å². The number of benzene rings is 2. The zero-order chi connectivity index (χ0) is 20.6. The number of halogens is 5. The molecule has 2 aromatic carbocycles. The smallest absolute Gasteiger partial charge is 0.249 e. The molecule has 1 saturated heterocycles. The Hall–Kier alpha value is -2.12. The maximum Gasteiger partial charge on any atom is 0.249 e. The molecule has 3 atom stereocenters. The maximum atomic E-state index is 14.7. The van der Waals surface area contributed by atoms with Crippen molar-refractivity contribution >= 4 is 18.3 Å². The minimum absolute atomic E-state index is 0. The van der Waals surface area contributed by atoms with E-state index in [1.165, 1.54) is 12.1 Å². The molecule has 1 aliphatic carbocycles. The molecule has 1 saturated carbocycles. The van der Waals surface area contributed by atoms with Gasteiger partial charge < -0.3 is 10.6 Å². The Balaban J connectivity index is 0.00000256. The lowest BCUT2D eigenvalue weighted by Crippen LogP contribution is -2.42. The number of hydrogen-bond acceptors (Lipinski definition) is 2. The third-order valence-corrected chi connectivity index (χ3v) is 5.70. The van der Waals surface area contributed by atoms with Gasteiger partial charge >= 0.3 is 0 Å². The van der Waals surface area contributed by atoms with E-state index in [-0.39, 0.29) is 49.7 Å². The van der Waals surface area contributed by atoms with Crippen LogP contribution in [0.15, 0.2) is 48.5 Å². The van der Waals surface area contributed by atoms with Crippen LogP contribution in [0.3, 0.4) is 0 Å². The second-order valence-corrected chi connectivity index (χ2v) is 7.89. The molecule has 1 heterocycles. The molecule has 3 nitrogen and oxygen atoms in total. The number of nitrogens with one attached hydrogen (secondary N) is 2. The third-order valence-electron chi connectivity index (χ3n) is 5.70. The lowest BCUT2D eigenvalue weighted by molar-refractivity contribution is -0.123. The van der Waals surface area contributed by atoms with Crippen molar-refractivity contribution in [3.8, 4) is 0 Å². The number of hydrogen-bond donors (Lipinski definition) is 2. The molecule has 162 valence electrons. The second-order valence-electron chi connectivity index (χ2n) is 7.89. The van der Waals surface area contributed by atoms with Gasteiger partial charge in [-0.05, 0) is 28.7 Å². The molecule has 0 unspecified atom stereocenters. The number of carbonyl (C=O) groups is 1. The highest BCUT2D eigenvalue weighted by molar-refractivity contribution is 5.85. The molecule has 0 spiro atoms. The normalized spacial score (nSPS) is 23.9. The largest absolute Gasteiger partial charge is 0.344 e. The molecule has 30 heavy (non-hydrogen) atoms. The summed E-state index contributed by atoms with van der Waals surface area (Å²) in [6.07, 6.45) is -1.67. The van der Waals surface area contributed by atoms with Crippen LogP contribution in [0.4, 0.5) is 17.6 Å². The van der Waals surface area contributed by atoms with Crippen LogP contribution in [0.1, 0.15) is 47.9 Å². The van der Waals surface area contributed by atoms with E-state index >= 15 is 0 Å². The first-order chi connectivity index (χ1) is 13.8. The fourth-order valence-electron chi connectivity index (χ4n) is 4.07. The minimum Gasteiger partial charge on any atom is -0.344 e. The van der Waals surface area contributed by atoms with Crippen LogP contribution in [-0.4, -0.2) is 30.6 Å². The summed E-state index contributed by atoms with van der Waals surface area (Å²) in [6, 6.07) is 12.3. The van der Waals surface area contributed by atoms with Gasteiger partial charge in [0, 0.05) is 25.8 Å². The summed E-state index contributed by atoms with van der Waals surface area (Å²) in [6.45, 7) is 0.128. The van der Waals surface area contributed by atoms with Crippen molar-refractivity contribution in [2.45, 2.75) is 49.4 Å². The predicted molar refractivity (Wildman–Crippen MR) is 108 cm³/mol. The van der Waals surface area contributed by atoms with Gasteiger partial charge in [-0.25, -0.2) is 17.6 Å². The van der Waals surface area contributed by atoms with Gasteiger partial charge in [-0.1, -0.05) is 42.5 Å². The molecular weight excluding hydrogens is 420 g/mol. The molecule has 4 rings (SSSR count). The quantitative estimate of drug-likeness (QED) is 0.661. The van der Waals surface area contributed by atoms with E-state index in [0.29, 0.717) is 5.56 Å². The van der Waals surface area contributed by atoms with E-state index in [0.717, 1.165) is 5.56 Å². The lowest BCUT2D eigenvalue weighted by Gasteiger charge is -2.35.